The van der Waals surface area contributed by atoms with Gasteiger partial charge in [-0.1, -0.05) is 30.3 Å². The molecule has 0 aliphatic carbocycles. The minimum atomic E-state index is -0.889. The van der Waals surface area contributed by atoms with Gasteiger partial charge in [-0.2, -0.15) is 0 Å². The van der Waals surface area contributed by atoms with Gasteiger partial charge in [0.1, 0.15) is 0 Å². The topological polar surface area (TPSA) is 72.9 Å². The molecule has 1 aliphatic heterocycles. The third-order valence-electron chi connectivity index (χ3n) is 4.76. The molecule has 1 heterocycles. The molecule has 1 aliphatic rings. The maximum absolute atomic E-state index is 12.8. The number of hydrogen-bond acceptors (Lipinski definition) is 5. The predicted octanol–water partition coefficient (Wildman–Crippen LogP) is 3.40. The van der Waals surface area contributed by atoms with Gasteiger partial charge in [0, 0.05) is 18.3 Å². The van der Waals surface area contributed by atoms with Gasteiger partial charge in [-0.25, -0.2) is 9.59 Å². The summed E-state index contributed by atoms with van der Waals surface area (Å²) in [6.07, 6.45) is 3.76. The van der Waals surface area contributed by atoms with Crippen LogP contribution in [-0.4, -0.2) is 37.6 Å². The Bertz CT molecular complexity index is 933. The quantitative estimate of drug-likeness (QED) is 0.575. The third-order valence-corrected chi connectivity index (χ3v) is 4.76. The molecule has 0 bridgehead atoms. The van der Waals surface area contributed by atoms with E-state index in [1.165, 1.54) is 13.2 Å². The fraction of sp³-hybridized carbons (Fsp3) is 0.261. The maximum Gasteiger partial charge on any atom is 0.337 e. The van der Waals surface area contributed by atoms with Gasteiger partial charge in [0.2, 0.25) is 0 Å². The van der Waals surface area contributed by atoms with Crippen LogP contribution in [0.1, 0.15) is 34.8 Å². The maximum atomic E-state index is 12.8. The Kier molecular flexibility index (Phi) is 6.44. The van der Waals surface area contributed by atoms with E-state index in [9.17, 15) is 14.4 Å². The van der Waals surface area contributed by atoms with E-state index in [1.54, 1.807) is 42.2 Å². The summed E-state index contributed by atoms with van der Waals surface area (Å²) in [7, 11) is 1.32. The van der Waals surface area contributed by atoms with Crippen LogP contribution in [-0.2, 0) is 25.5 Å². The van der Waals surface area contributed by atoms with Crippen LogP contribution in [0.4, 0.5) is 5.69 Å². The summed E-state index contributed by atoms with van der Waals surface area (Å²) in [5.41, 5.74) is 3.15. The number of esters is 2. The number of rotatable bonds is 5. The van der Waals surface area contributed by atoms with Gasteiger partial charge in [-0.05, 0) is 55.2 Å². The largest absolute Gasteiger partial charge is 0.465 e. The second-order valence-electron chi connectivity index (χ2n) is 6.75. The first-order valence-electron chi connectivity index (χ1n) is 9.46. The Morgan fingerprint density at radius 1 is 1.07 bits per heavy atom. The van der Waals surface area contributed by atoms with E-state index >= 15 is 0 Å². The van der Waals surface area contributed by atoms with Crippen LogP contribution in [0.25, 0.3) is 6.08 Å². The van der Waals surface area contributed by atoms with Crippen molar-refractivity contribution in [2.75, 3.05) is 18.6 Å². The molecule has 0 radical (unpaired) electrons. The number of carbonyl (C=O) groups is 3. The Morgan fingerprint density at radius 3 is 2.52 bits per heavy atom. The molecule has 0 fully saturated rings. The lowest BCUT2D eigenvalue weighted by atomic mass is 10.0. The smallest absolute Gasteiger partial charge is 0.337 e. The number of carbonyl (C=O) groups excluding carboxylic acids is 3. The molecular weight excluding hydrogens is 370 g/mol. The van der Waals surface area contributed by atoms with Crippen molar-refractivity contribution in [2.24, 2.45) is 0 Å². The summed E-state index contributed by atoms with van der Waals surface area (Å²) in [6.45, 7) is 2.19. The van der Waals surface area contributed by atoms with Crippen molar-refractivity contribution in [3.63, 3.8) is 0 Å². The molecule has 150 valence electrons. The molecule has 6 nitrogen and oxygen atoms in total. The van der Waals surface area contributed by atoms with Crippen molar-refractivity contribution >= 4 is 29.6 Å². The number of amides is 1. The number of aryl methyl sites for hydroxylation is 1. The average molecular weight is 393 g/mol. The van der Waals surface area contributed by atoms with Crippen LogP contribution in [0.5, 0.6) is 0 Å². The monoisotopic (exact) mass is 393 g/mol. The number of hydrogen-bond donors (Lipinski definition) is 0. The highest BCUT2D eigenvalue weighted by atomic mass is 16.5. The molecule has 2 aromatic carbocycles. The van der Waals surface area contributed by atoms with E-state index in [4.69, 9.17) is 4.74 Å². The van der Waals surface area contributed by atoms with Gasteiger partial charge in [0.15, 0.2) is 6.10 Å². The van der Waals surface area contributed by atoms with Crippen molar-refractivity contribution in [2.45, 2.75) is 25.9 Å². The second-order valence-corrected chi connectivity index (χ2v) is 6.75. The van der Waals surface area contributed by atoms with Crippen molar-refractivity contribution in [1.29, 1.82) is 0 Å². The minimum Gasteiger partial charge on any atom is -0.465 e. The summed E-state index contributed by atoms with van der Waals surface area (Å²) in [4.78, 5) is 38.0. The standard InChI is InChI=1S/C23H23NO5/c1-16(22(26)24-15-5-7-18-6-3-4-8-20(18)24)29-21(25)14-11-17-9-12-19(13-10-17)23(27)28-2/h3-4,6,8-14,16H,5,7,15H2,1-2H3. The molecule has 0 saturated carbocycles. The van der Waals surface area contributed by atoms with Gasteiger partial charge in [0.05, 0.1) is 12.7 Å². The van der Waals surface area contributed by atoms with Crippen molar-refractivity contribution in [1.82, 2.24) is 0 Å². The number of methoxy groups -OCH3 is 1. The Labute approximate surface area is 169 Å². The van der Waals surface area contributed by atoms with Gasteiger partial charge < -0.3 is 14.4 Å². The highest BCUT2D eigenvalue weighted by Gasteiger charge is 2.27. The Hall–Kier alpha value is -3.41. The molecule has 0 N–H and O–H groups in total. The molecule has 6 heteroatoms. The Balaban J connectivity index is 1.60. The van der Waals surface area contributed by atoms with Crippen LogP contribution in [0.3, 0.4) is 0 Å². The summed E-state index contributed by atoms with van der Waals surface area (Å²) in [5.74, 6) is -1.26. The van der Waals surface area contributed by atoms with Crippen LogP contribution < -0.4 is 4.90 Å². The third kappa shape index (κ3) is 4.90. The van der Waals surface area contributed by atoms with E-state index in [1.807, 2.05) is 24.3 Å². The SMILES string of the molecule is COC(=O)c1ccc(C=CC(=O)OC(C)C(=O)N2CCCc3ccccc32)cc1. The lowest BCUT2D eigenvalue weighted by Gasteiger charge is -2.31. The first-order chi connectivity index (χ1) is 14.0. The van der Waals surface area contributed by atoms with Crippen molar-refractivity contribution in [3.8, 4) is 0 Å². The van der Waals surface area contributed by atoms with E-state index < -0.39 is 18.0 Å². The molecular formula is C23H23NO5. The molecule has 1 unspecified atom stereocenters. The van der Waals surface area contributed by atoms with E-state index in [2.05, 4.69) is 4.74 Å². The van der Waals surface area contributed by atoms with Gasteiger partial charge in [-0.3, -0.25) is 4.79 Å². The second kappa shape index (κ2) is 9.19. The first-order valence-corrected chi connectivity index (χ1v) is 9.46. The number of benzene rings is 2. The summed E-state index contributed by atoms with van der Waals surface area (Å²) in [5, 5.41) is 0. The zero-order valence-corrected chi connectivity index (χ0v) is 16.5. The highest BCUT2D eigenvalue weighted by molar-refractivity contribution is 5.99. The van der Waals surface area contributed by atoms with Gasteiger partial charge in [0.25, 0.3) is 5.91 Å². The summed E-state index contributed by atoms with van der Waals surface area (Å²) < 4.78 is 9.94. The number of para-hydroxylation sites is 1. The van der Waals surface area contributed by atoms with Crippen LogP contribution >= 0.6 is 0 Å². The summed E-state index contributed by atoms with van der Waals surface area (Å²) in [6, 6.07) is 14.4. The molecule has 2 aromatic rings. The fourth-order valence-corrected chi connectivity index (χ4v) is 3.26. The molecule has 1 atom stereocenters. The molecule has 0 saturated heterocycles. The Morgan fingerprint density at radius 2 is 1.79 bits per heavy atom. The minimum absolute atomic E-state index is 0.235. The molecule has 1 amide bonds. The highest BCUT2D eigenvalue weighted by Crippen LogP contribution is 2.27. The predicted molar refractivity (Wildman–Crippen MR) is 109 cm³/mol. The van der Waals surface area contributed by atoms with Crippen LogP contribution in [0.2, 0.25) is 0 Å². The van der Waals surface area contributed by atoms with E-state index in [0.717, 1.165) is 29.7 Å². The van der Waals surface area contributed by atoms with Crippen LogP contribution in [0.15, 0.2) is 54.6 Å². The summed E-state index contributed by atoms with van der Waals surface area (Å²) >= 11 is 0. The van der Waals surface area contributed by atoms with Crippen molar-refractivity contribution < 1.29 is 23.9 Å². The van der Waals surface area contributed by atoms with Gasteiger partial charge >= 0.3 is 11.9 Å². The number of fused-ring (bicyclic) bond motifs is 1. The van der Waals surface area contributed by atoms with Crippen LogP contribution in [0, 0.1) is 0 Å². The zero-order chi connectivity index (χ0) is 20.8. The number of nitrogens with zero attached hydrogens (tertiary/aromatic N) is 1. The number of anilines is 1. The van der Waals surface area contributed by atoms with Gasteiger partial charge in [-0.15, -0.1) is 0 Å². The molecule has 29 heavy (non-hydrogen) atoms. The van der Waals surface area contributed by atoms with Crippen molar-refractivity contribution in [3.05, 3.63) is 71.3 Å². The lowest BCUT2D eigenvalue weighted by Crippen LogP contribution is -2.42. The van der Waals surface area contributed by atoms with E-state index in [0.29, 0.717) is 12.1 Å². The average Bonchev–Trinajstić information content (AvgIpc) is 2.76. The zero-order valence-electron chi connectivity index (χ0n) is 16.5. The number of ether oxygens (including phenoxy) is 2. The fourth-order valence-electron chi connectivity index (χ4n) is 3.26. The molecule has 0 spiro atoms. The van der Waals surface area contributed by atoms with E-state index in [-0.39, 0.29) is 5.91 Å². The molecule has 3 rings (SSSR count). The lowest BCUT2D eigenvalue weighted by molar-refractivity contribution is -0.149. The normalized spacial score (nSPS) is 14.2. The first kappa shape index (κ1) is 20.3. The molecule has 0 aromatic heterocycles.